The number of nitriles is 1. The summed E-state index contributed by atoms with van der Waals surface area (Å²) in [5.74, 6) is 0. The highest BCUT2D eigenvalue weighted by atomic mass is 35.5. The molecule has 138 valence electrons. The second kappa shape index (κ2) is 7.05. The zero-order valence-corrected chi connectivity index (χ0v) is 16.0. The number of fused-ring (bicyclic) bond motifs is 1. The van der Waals surface area contributed by atoms with Crippen molar-refractivity contribution in [1.82, 2.24) is 9.55 Å². The first kappa shape index (κ1) is 18.1. The fourth-order valence-electron chi connectivity index (χ4n) is 3.86. The molecule has 0 aliphatic heterocycles. The van der Waals surface area contributed by atoms with Gasteiger partial charge in [-0.15, -0.1) is 0 Å². The second-order valence-electron chi connectivity index (χ2n) is 6.96. The monoisotopic (exact) mass is 400 g/mol. The molecule has 7 heteroatoms. The molecule has 2 heterocycles. The molecule has 1 aromatic carbocycles. The lowest BCUT2D eigenvalue weighted by atomic mass is 9.93. The molecule has 0 spiro atoms. The number of anilines is 1. The molecule has 0 atom stereocenters. The Morgan fingerprint density at radius 2 is 1.89 bits per heavy atom. The van der Waals surface area contributed by atoms with Crippen LogP contribution in [0.15, 0.2) is 30.7 Å². The molecule has 3 aromatic rings. The van der Waals surface area contributed by atoms with Crippen LogP contribution in [0.5, 0.6) is 0 Å². The quantitative estimate of drug-likeness (QED) is 0.637. The summed E-state index contributed by atoms with van der Waals surface area (Å²) in [6.45, 7) is 0. The van der Waals surface area contributed by atoms with Crippen molar-refractivity contribution in [1.29, 1.82) is 5.26 Å². The number of halogens is 2. The van der Waals surface area contributed by atoms with Gasteiger partial charge in [0.2, 0.25) is 0 Å². The average molecular weight is 401 g/mol. The molecule has 1 saturated carbocycles. The van der Waals surface area contributed by atoms with Gasteiger partial charge in [-0.05, 0) is 37.8 Å². The fraction of sp³-hybridized carbons (Fsp3) is 0.300. The number of rotatable bonds is 2. The second-order valence-corrected chi connectivity index (χ2v) is 7.75. The fourth-order valence-corrected chi connectivity index (χ4v) is 4.26. The summed E-state index contributed by atoms with van der Waals surface area (Å²) in [6, 6.07) is 6.01. The van der Waals surface area contributed by atoms with Crippen LogP contribution in [0.4, 0.5) is 5.69 Å². The number of pyridine rings is 1. The van der Waals surface area contributed by atoms with E-state index in [-0.39, 0.29) is 12.1 Å². The number of aliphatic hydroxyl groups excluding tert-OH is 1. The molecule has 1 fully saturated rings. The number of nitrogens with two attached hydrogens (primary N) is 1. The highest BCUT2D eigenvalue weighted by molar-refractivity contribution is 6.36. The average Bonchev–Trinajstić information content (AvgIpc) is 3.02. The first-order valence-electron chi connectivity index (χ1n) is 8.81. The highest BCUT2D eigenvalue weighted by Crippen LogP contribution is 2.41. The first-order valence-corrected chi connectivity index (χ1v) is 9.56. The molecular formula is C20H18Cl2N4O. The lowest BCUT2D eigenvalue weighted by molar-refractivity contribution is 0.111. The minimum atomic E-state index is -0.233. The van der Waals surface area contributed by atoms with E-state index in [1.807, 2.05) is 12.3 Å². The molecule has 4 rings (SSSR count). The molecule has 0 saturated heterocycles. The third-order valence-corrected chi connectivity index (χ3v) is 6.03. The molecule has 5 nitrogen and oxygen atoms in total. The van der Waals surface area contributed by atoms with Gasteiger partial charge in [-0.1, -0.05) is 23.2 Å². The smallest absolute Gasteiger partial charge is 0.101 e. The van der Waals surface area contributed by atoms with Crippen molar-refractivity contribution in [3.63, 3.8) is 0 Å². The number of nitrogen functional groups attached to an aromatic ring is 1. The minimum absolute atomic E-state index is 0.233. The molecule has 0 unspecified atom stereocenters. The lowest BCUT2D eigenvalue weighted by Gasteiger charge is -2.27. The van der Waals surface area contributed by atoms with Gasteiger partial charge in [0.25, 0.3) is 0 Å². The number of aliphatic hydroxyl groups is 1. The molecule has 0 radical (unpaired) electrons. The number of aromatic nitrogens is 2. The van der Waals surface area contributed by atoms with Gasteiger partial charge in [0.15, 0.2) is 0 Å². The zero-order chi connectivity index (χ0) is 19.1. The van der Waals surface area contributed by atoms with E-state index in [0.29, 0.717) is 21.3 Å². The predicted octanol–water partition coefficient (Wildman–Crippen LogP) is 4.94. The van der Waals surface area contributed by atoms with E-state index in [4.69, 9.17) is 28.9 Å². The largest absolute Gasteiger partial charge is 0.396 e. The van der Waals surface area contributed by atoms with Crippen LogP contribution >= 0.6 is 23.2 Å². The molecule has 0 bridgehead atoms. The van der Waals surface area contributed by atoms with E-state index in [1.165, 1.54) is 6.20 Å². The Hall–Kier alpha value is -2.26. The summed E-state index contributed by atoms with van der Waals surface area (Å²) in [4.78, 5) is 4.18. The maximum atomic E-state index is 9.84. The van der Waals surface area contributed by atoms with Gasteiger partial charge in [0, 0.05) is 34.9 Å². The molecule has 3 N–H and O–H groups in total. The Labute approximate surface area is 166 Å². The third kappa shape index (κ3) is 3.14. The number of nitrogens with zero attached hydrogens (tertiary/aromatic N) is 3. The van der Waals surface area contributed by atoms with E-state index in [9.17, 15) is 10.4 Å². The molecule has 1 aliphatic carbocycles. The number of hydrogen-bond donors (Lipinski definition) is 2. The normalized spacial score (nSPS) is 19.9. The Morgan fingerprint density at radius 3 is 2.59 bits per heavy atom. The van der Waals surface area contributed by atoms with Crippen molar-refractivity contribution < 1.29 is 5.11 Å². The molecule has 1 aliphatic rings. The van der Waals surface area contributed by atoms with Crippen LogP contribution in [0.2, 0.25) is 10.0 Å². The van der Waals surface area contributed by atoms with Crippen LogP contribution in [-0.4, -0.2) is 20.8 Å². The van der Waals surface area contributed by atoms with Gasteiger partial charge < -0.3 is 15.4 Å². The Morgan fingerprint density at radius 1 is 1.15 bits per heavy atom. The molecule has 0 amide bonds. The first-order chi connectivity index (χ1) is 13.0. The summed E-state index contributed by atoms with van der Waals surface area (Å²) in [6.07, 6.45) is 8.30. The van der Waals surface area contributed by atoms with Crippen molar-refractivity contribution in [3.8, 4) is 17.2 Å². The molecular weight excluding hydrogens is 383 g/mol. The summed E-state index contributed by atoms with van der Waals surface area (Å²) >= 11 is 12.8. The molecule has 27 heavy (non-hydrogen) atoms. The van der Waals surface area contributed by atoms with Crippen molar-refractivity contribution >= 4 is 39.8 Å². The lowest BCUT2D eigenvalue weighted by Crippen LogP contribution is -2.20. The predicted molar refractivity (Wildman–Crippen MR) is 108 cm³/mol. The van der Waals surface area contributed by atoms with Gasteiger partial charge in [0.1, 0.15) is 6.07 Å². The number of hydrogen-bond acceptors (Lipinski definition) is 4. The minimum Gasteiger partial charge on any atom is -0.396 e. The van der Waals surface area contributed by atoms with Crippen molar-refractivity contribution in [2.24, 2.45) is 0 Å². The number of benzene rings is 1. The van der Waals surface area contributed by atoms with E-state index in [0.717, 1.165) is 47.7 Å². The van der Waals surface area contributed by atoms with E-state index >= 15 is 0 Å². The van der Waals surface area contributed by atoms with Crippen LogP contribution in [0.3, 0.4) is 0 Å². The molecule has 2 aromatic heterocycles. The van der Waals surface area contributed by atoms with E-state index in [1.54, 1.807) is 12.3 Å². The maximum Gasteiger partial charge on any atom is 0.101 e. The SMILES string of the molecule is N#Cc1cc2c(-c3cncc(N)c3Cl)cn([C@H]3CC[C@@H](O)CC3)c2cc1Cl. The topological polar surface area (TPSA) is 87.9 Å². The van der Waals surface area contributed by atoms with Gasteiger partial charge in [-0.25, -0.2) is 0 Å². The van der Waals surface area contributed by atoms with Crippen LogP contribution in [0.1, 0.15) is 37.3 Å². The van der Waals surface area contributed by atoms with Crippen LogP contribution in [-0.2, 0) is 0 Å². The van der Waals surface area contributed by atoms with Gasteiger partial charge >= 0.3 is 0 Å². The summed E-state index contributed by atoms with van der Waals surface area (Å²) in [5, 5.41) is 21.0. The van der Waals surface area contributed by atoms with Crippen LogP contribution in [0, 0.1) is 11.3 Å². The Bertz CT molecular complexity index is 1060. The van der Waals surface area contributed by atoms with Crippen molar-refractivity contribution in [2.75, 3.05) is 5.73 Å². The summed E-state index contributed by atoms with van der Waals surface area (Å²) in [7, 11) is 0. The van der Waals surface area contributed by atoms with Crippen LogP contribution in [0.25, 0.3) is 22.0 Å². The van der Waals surface area contributed by atoms with Gasteiger partial charge in [-0.2, -0.15) is 5.26 Å². The van der Waals surface area contributed by atoms with Gasteiger partial charge in [-0.3, -0.25) is 4.98 Å². The van der Waals surface area contributed by atoms with Crippen molar-refractivity contribution in [3.05, 3.63) is 46.3 Å². The summed E-state index contributed by atoms with van der Waals surface area (Å²) in [5.41, 5.74) is 9.30. The van der Waals surface area contributed by atoms with Crippen molar-refractivity contribution in [2.45, 2.75) is 37.8 Å². The van der Waals surface area contributed by atoms with E-state index < -0.39 is 0 Å². The van der Waals surface area contributed by atoms with E-state index in [2.05, 4.69) is 15.6 Å². The Kier molecular flexibility index (Phi) is 4.73. The summed E-state index contributed by atoms with van der Waals surface area (Å²) < 4.78 is 2.18. The highest BCUT2D eigenvalue weighted by Gasteiger charge is 2.24. The van der Waals surface area contributed by atoms with Crippen LogP contribution < -0.4 is 5.73 Å². The maximum absolute atomic E-state index is 9.84. The standard InChI is InChI=1S/C20H18Cl2N4O/c21-17-6-19-14(5-11(17)7-23)16(15-8-25-9-18(24)20(15)22)10-26(19)12-1-3-13(27)4-2-12/h5-6,8-10,12-13,27H,1-4,24H2/t12-,13+. The van der Waals surface area contributed by atoms with Gasteiger partial charge in [0.05, 0.1) is 39.1 Å². The third-order valence-electron chi connectivity index (χ3n) is 5.30. The zero-order valence-electron chi connectivity index (χ0n) is 14.5. The Balaban J connectivity index is 1.96.